The highest BCUT2D eigenvalue weighted by Gasteiger charge is 2.27. The van der Waals surface area contributed by atoms with Gasteiger partial charge >= 0.3 is 0 Å². The Kier molecular flexibility index (Phi) is 2.73. The predicted octanol–water partition coefficient (Wildman–Crippen LogP) is 2.53. The summed E-state index contributed by atoms with van der Waals surface area (Å²) in [7, 11) is 0. The largest absolute Gasteiger partial charge is 0.264 e. The number of para-hydroxylation sites is 1. The molecule has 1 aromatic rings. The summed E-state index contributed by atoms with van der Waals surface area (Å²) in [6, 6.07) is 6.97. The Morgan fingerprint density at radius 2 is 2.27 bits per heavy atom. The maximum absolute atomic E-state index is 10.8. The molecule has 0 fully saturated rings. The normalized spacial score (nSPS) is 20.1. The topological polar surface area (TPSA) is 55.5 Å². The lowest BCUT2D eigenvalue weighted by atomic mass is 10.2. The number of thioether (sulfide) groups is 1. The van der Waals surface area contributed by atoms with E-state index in [2.05, 4.69) is 4.99 Å². The van der Waals surface area contributed by atoms with Gasteiger partial charge in [-0.3, -0.25) is 10.1 Å². The molecular formula is C10H10N2O2S. The van der Waals surface area contributed by atoms with Crippen molar-refractivity contribution < 1.29 is 4.92 Å². The van der Waals surface area contributed by atoms with Gasteiger partial charge in [0.05, 0.1) is 17.2 Å². The van der Waals surface area contributed by atoms with Gasteiger partial charge in [0.25, 0.3) is 6.04 Å². The minimum absolute atomic E-state index is 0.266. The molecule has 1 atom stereocenters. The van der Waals surface area contributed by atoms with Gasteiger partial charge in [-0.2, -0.15) is 0 Å². The molecule has 0 N–H and O–H groups in total. The van der Waals surface area contributed by atoms with Gasteiger partial charge in [-0.15, -0.1) is 11.8 Å². The Bertz CT molecular complexity index is 431. The van der Waals surface area contributed by atoms with E-state index in [1.54, 1.807) is 6.92 Å². The van der Waals surface area contributed by atoms with Gasteiger partial charge < -0.3 is 0 Å². The van der Waals surface area contributed by atoms with Crippen LogP contribution in [0.25, 0.3) is 0 Å². The third kappa shape index (κ3) is 2.02. The maximum Gasteiger partial charge on any atom is 0.259 e. The van der Waals surface area contributed by atoms with Crippen LogP contribution >= 0.6 is 11.8 Å². The summed E-state index contributed by atoms with van der Waals surface area (Å²) in [5.74, 6) is 0.458. The summed E-state index contributed by atoms with van der Waals surface area (Å²) in [5, 5.41) is 10.8. The fourth-order valence-electron chi connectivity index (χ4n) is 1.44. The molecule has 0 aromatic heterocycles. The zero-order chi connectivity index (χ0) is 10.8. The molecule has 4 nitrogen and oxygen atoms in total. The van der Waals surface area contributed by atoms with E-state index in [0.29, 0.717) is 11.5 Å². The third-order valence-electron chi connectivity index (χ3n) is 2.30. The van der Waals surface area contributed by atoms with Crippen LogP contribution in [0.5, 0.6) is 0 Å². The van der Waals surface area contributed by atoms with Crippen molar-refractivity contribution in [2.45, 2.75) is 17.9 Å². The number of rotatable bonds is 1. The van der Waals surface area contributed by atoms with E-state index in [1.807, 2.05) is 24.3 Å². The van der Waals surface area contributed by atoms with Gasteiger partial charge in [0.2, 0.25) is 0 Å². The molecule has 0 saturated carbocycles. The Morgan fingerprint density at radius 1 is 1.53 bits per heavy atom. The minimum atomic E-state index is -0.664. The lowest BCUT2D eigenvalue weighted by Gasteiger charge is -2.04. The molecule has 1 aliphatic heterocycles. The smallest absolute Gasteiger partial charge is 0.259 e. The molecule has 0 aliphatic carbocycles. The van der Waals surface area contributed by atoms with Crippen LogP contribution in [0.4, 0.5) is 5.69 Å². The Labute approximate surface area is 91.6 Å². The number of hydrogen-bond acceptors (Lipinski definition) is 4. The molecule has 0 radical (unpaired) electrons. The zero-order valence-corrected chi connectivity index (χ0v) is 9.03. The van der Waals surface area contributed by atoms with Gasteiger partial charge in [-0.1, -0.05) is 12.1 Å². The predicted molar refractivity (Wildman–Crippen MR) is 60.7 cm³/mol. The van der Waals surface area contributed by atoms with E-state index >= 15 is 0 Å². The average Bonchev–Trinajstić information content (AvgIpc) is 2.35. The lowest BCUT2D eigenvalue weighted by molar-refractivity contribution is -0.497. The monoisotopic (exact) mass is 222 g/mol. The Morgan fingerprint density at radius 3 is 3.00 bits per heavy atom. The zero-order valence-electron chi connectivity index (χ0n) is 8.21. The summed E-state index contributed by atoms with van der Waals surface area (Å²) in [6.45, 7) is 1.72. The summed E-state index contributed by atoms with van der Waals surface area (Å²) in [4.78, 5) is 15.8. The van der Waals surface area contributed by atoms with E-state index in [9.17, 15) is 10.1 Å². The second kappa shape index (κ2) is 4.02. The Hall–Kier alpha value is -1.36. The SMILES string of the molecule is CC1=Nc2ccccc2SCC1[N+](=O)[O-]. The number of nitro groups is 1. The van der Waals surface area contributed by atoms with Crippen molar-refractivity contribution >= 4 is 23.2 Å². The number of fused-ring (bicyclic) bond motifs is 1. The minimum Gasteiger partial charge on any atom is -0.264 e. The maximum atomic E-state index is 10.8. The van der Waals surface area contributed by atoms with Crippen molar-refractivity contribution in [1.29, 1.82) is 0 Å². The first-order chi connectivity index (χ1) is 7.18. The summed E-state index contributed by atoms with van der Waals surface area (Å²) in [5.41, 5.74) is 1.42. The molecular weight excluding hydrogens is 212 g/mol. The molecule has 1 heterocycles. The summed E-state index contributed by atoms with van der Waals surface area (Å²) < 4.78 is 0. The first-order valence-corrected chi connectivity index (χ1v) is 5.57. The molecule has 1 aromatic carbocycles. The van der Waals surface area contributed by atoms with Crippen LogP contribution < -0.4 is 0 Å². The number of hydrogen-bond donors (Lipinski definition) is 0. The number of aliphatic imine (C=N–C) groups is 1. The molecule has 1 aliphatic rings. The average molecular weight is 222 g/mol. The van der Waals surface area contributed by atoms with Crippen LogP contribution in [0.2, 0.25) is 0 Å². The second-order valence-electron chi connectivity index (χ2n) is 3.33. The molecule has 1 unspecified atom stereocenters. The van der Waals surface area contributed by atoms with Gasteiger partial charge in [0.15, 0.2) is 0 Å². The second-order valence-corrected chi connectivity index (χ2v) is 4.39. The Balaban J connectivity index is 2.40. The van der Waals surface area contributed by atoms with Crippen LogP contribution in [0.1, 0.15) is 6.92 Å². The fourth-order valence-corrected chi connectivity index (χ4v) is 2.58. The summed E-state index contributed by atoms with van der Waals surface area (Å²) >= 11 is 1.49. The quantitative estimate of drug-likeness (QED) is 0.542. The highest BCUT2D eigenvalue weighted by atomic mass is 32.2. The highest BCUT2D eigenvalue weighted by Crippen LogP contribution is 2.33. The lowest BCUT2D eigenvalue weighted by Crippen LogP contribution is -2.29. The van der Waals surface area contributed by atoms with Crippen molar-refractivity contribution in [3.63, 3.8) is 0 Å². The molecule has 0 spiro atoms. The number of benzene rings is 1. The van der Waals surface area contributed by atoms with Gasteiger partial charge in [-0.05, 0) is 19.1 Å². The van der Waals surface area contributed by atoms with Crippen LogP contribution in [0, 0.1) is 10.1 Å². The first-order valence-electron chi connectivity index (χ1n) is 4.59. The van der Waals surface area contributed by atoms with Crippen LogP contribution in [0.15, 0.2) is 34.2 Å². The molecule has 2 rings (SSSR count). The summed E-state index contributed by atoms with van der Waals surface area (Å²) in [6.07, 6.45) is 0. The van der Waals surface area contributed by atoms with Gasteiger partial charge in [0, 0.05) is 9.82 Å². The third-order valence-corrected chi connectivity index (χ3v) is 3.43. The van der Waals surface area contributed by atoms with Crippen LogP contribution in [-0.4, -0.2) is 22.4 Å². The molecule has 0 bridgehead atoms. The number of nitrogens with zero attached hydrogens (tertiary/aromatic N) is 2. The molecule has 0 saturated heterocycles. The van der Waals surface area contributed by atoms with Gasteiger partial charge in [0.1, 0.15) is 0 Å². The molecule has 78 valence electrons. The molecule has 0 amide bonds. The van der Waals surface area contributed by atoms with Crippen molar-refractivity contribution in [3.05, 3.63) is 34.4 Å². The van der Waals surface area contributed by atoms with E-state index in [4.69, 9.17) is 0 Å². The van der Waals surface area contributed by atoms with E-state index in [-0.39, 0.29) is 4.92 Å². The highest BCUT2D eigenvalue weighted by molar-refractivity contribution is 7.99. The standard InChI is InChI=1S/C10H10N2O2S/c1-7-9(12(13)14)6-15-10-5-3-2-4-8(10)11-7/h2-5,9H,6H2,1H3. The van der Waals surface area contributed by atoms with Gasteiger partial charge in [-0.25, -0.2) is 4.99 Å². The fraction of sp³-hybridized carbons (Fsp3) is 0.300. The van der Waals surface area contributed by atoms with Crippen molar-refractivity contribution in [2.24, 2.45) is 4.99 Å². The van der Waals surface area contributed by atoms with Crippen molar-refractivity contribution in [3.8, 4) is 0 Å². The van der Waals surface area contributed by atoms with Crippen LogP contribution in [-0.2, 0) is 0 Å². The first kappa shape index (κ1) is 10.2. The van der Waals surface area contributed by atoms with E-state index in [1.165, 1.54) is 11.8 Å². The van der Waals surface area contributed by atoms with E-state index in [0.717, 1.165) is 10.6 Å². The molecule has 5 heteroatoms. The van der Waals surface area contributed by atoms with Crippen molar-refractivity contribution in [2.75, 3.05) is 5.75 Å². The van der Waals surface area contributed by atoms with Crippen LogP contribution in [0.3, 0.4) is 0 Å². The van der Waals surface area contributed by atoms with E-state index < -0.39 is 6.04 Å². The van der Waals surface area contributed by atoms with Crippen molar-refractivity contribution in [1.82, 2.24) is 0 Å². The molecule has 15 heavy (non-hydrogen) atoms.